The van der Waals surface area contributed by atoms with E-state index < -0.39 is 0 Å². The highest BCUT2D eigenvalue weighted by Crippen LogP contribution is 2.53. The van der Waals surface area contributed by atoms with Gasteiger partial charge < -0.3 is 4.74 Å². The second-order valence-electron chi connectivity index (χ2n) is 7.70. The molecule has 0 N–H and O–H groups in total. The molecule has 0 saturated carbocycles. The van der Waals surface area contributed by atoms with Crippen LogP contribution >= 0.6 is 0 Å². The number of para-hydroxylation sites is 1. The fourth-order valence-electron chi connectivity index (χ4n) is 4.87. The van der Waals surface area contributed by atoms with Crippen molar-refractivity contribution >= 4 is 0 Å². The quantitative estimate of drug-likeness (QED) is 0.732. The monoisotopic (exact) mass is 346 g/mol. The van der Waals surface area contributed by atoms with Gasteiger partial charge in [-0.15, -0.1) is 6.58 Å². The summed E-state index contributed by atoms with van der Waals surface area (Å²) in [5, 5.41) is 0. The van der Waals surface area contributed by atoms with Crippen LogP contribution in [0.1, 0.15) is 24.6 Å². The van der Waals surface area contributed by atoms with E-state index in [-0.39, 0.29) is 5.54 Å². The second kappa shape index (κ2) is 6.40. The molecular formula is C23H26N2O. The fourth-order valence-corrected chi connectivity index (χ4v) is 4.87. The lowest BCUT2D eigenvalue weighted by molar-refractivity contribution is 0.0537. The maximum Gasteiger partial charge on any atom is 0.219 e. The van der Waals surface area contributed by atoms with E-state index in [2.05, 4.69) is 50.7 Å². The first-order chi connectivity index (χ1) is 12.5. The zero-order valence-electron chi connectivity index (χ0n) is 15.8. The molecule has 0 amide bonds. The van der Waals surface area contributed by atoms with E-state index in [0.717, 1.165) is 24.3 Å². The van der Waals surface area contributed by atoms with Gasteiger partial charge in [-0.1, -0.05) is 35.9 Å². The van der Waals surface area contributed by atoms with Crippen LogP contribution in [0, 0.1) is 11.8 Å². The van der Waals surface area contributed by atoms with Gasteiger partial charge in [0.15, 0.2) is 0 Å². The molecular weight excluding hydrogens is 320 g/mol. The third-order valence-electron chi connectivity index (χ3n) is 5.92. The van der Waals surface area contributed by atoms with E-state index in [1.165, 1.54) is 11.1 Å². The van der Waals surface area contributed by atoms with E-state index in [1.807, 2.05) is 36.4 Å². The number of pyridine rings is 1. The molecule has 1 aromatic heterocycles. The third kappa shape index (κ3) is 2.58. The molecule has 2 aliphatic carbocycles. The molecule has 0 fully saturated rings. The Morgan fingerprint density at radius 1 is 1.19 bits per heavy atom. The molecule has 3 atom stereocenters. The number of nitrogens with zero attached hydrogens (tertiary/aromatic N) is 2. The molecule has 2 bridgehead atoms. The van der Waals surface area contributed by atoms with Crippen molar-refractivity contribution in [2.24, 2.45) is 11.8 Å². The van der Waals surface area contributed by atoms with Crippen LogP contribution in [-0.2, 0) is 12.0 Å². The van der Waals surface area contributed by atoms with Crippen LogP contribution < -0.4 is 4.74 Å². The molecule has 4 rings (SSSR count). The van der Waals surface area contributed by atoms with Gasteiger partial charge in [0.2, 0.25) is 5.88 Å². The summed E-state index contributed by atoms with van der Waals surface area (Å²) in [6.45, 7) is 6.41. The molecule has 0 spiro atoms. The van der Waals surface area contributed by atoms with E-state index in [4.69, 9.17) is 9.72 Å². The minimum Gasteiger partial charge on any atom is -0.439 e. The van der Waals surface area contributed by atoms with E-state index in [0.29, 0.717) is 17.7 Å². The summed E-state index contributed by atoms with van der Waals surface area (Å²) < 4.78 is 5.97. The number of ether oxygens (including phenoxy) is 1. The van der Waals surface area contributed by atoms with Gasteiger partial charge in [0, 0.05) is 12.0 Å². The van der Waals surface area contributed by atoms with Crippen molar-refractivity contribution in [2.45, 2.75) is 25.3 Å². The molecule has 2 aliphatic rings. The van der Waals surface area contributed by atoms with E-state index >= 15 is 0 Å². The summed E-state index contributed by atoms with van der Waals surface area (Å²) in [5.74, 6) is 2.32. The van der Waals surface area contributed by atoms with Crippen LogP contribution in [0.3, 0.4) is 0 Å². The summed E-state index contributed by atoms with van der Waals surface area (Å²) >= 11 is 0. The molecule has 1 heterocycles. The van der Waals surface area contributed by atoms with Crippen molar-refractivity contribution in [3.63, 3.8) is 0 Å². The second-order valence-corrected chi connectivity index (χ2v) is 7.70. The molecule has 0 radical (unpaired) electrons. The molecule has 0 unspecified atom stereocenters. The molecule has 134 valence electrons. The van der Waals surface area contributed by atoms with Crippen LogP contribution in [0.5, 0.6) is 11.6 Å². The molecule has 26 heavy (non-hydrogen) atoms. The number of allylic oxidation sites excluding steroid dienone is 1. The Labute approximate surface area is 156 Å². The summed E-state index contributed by atoms with van der Waals surface area (Å²) in [6, 6.07) is 14.1. The highest BCUT2D eigenvalue weighted by molar-refractivity contribution is 5.43. The van der Waals surface area contributed by atoms with Gasteiger partial charge >= 0.3 is 0 Å². The Morgan fingerprint density at radius 3 is 2.65 bits per heavy atom. The normalized spacial score (nSPS) is 26.8. The predicted molar refractivity (Wildman–Crippen MR) is 105 cm³/mol. The van der Waals surface area contributed by atoms with Gasteiger partial charge in [0.25, 0.3) is 0 Å². The third-order valence-corrected chi connectivity index (χ3v) is 5.92. The van der Waals surface area contributed by atoms with Crippen molar-refractivity contribution in [1.82, 2.24) is 9.88 Å². The first-order valence-electron chi connectivity index (χ1n) is 9.25. The number of fused-ring (bicyclic) bond motifs is 4. The Balaban J connectivity index is 1.79. The van der Waals surface area contributed by atoms with Crippen LogP contribution in [0.15, 0.2) is 66.8 Å². The predicted octanol–water partition coefficient (Wildman–Crippen LogP) is 4.96. The standard InChI is InChI=1S/C23H26N2O/c1-5-19-17-13-16(2)15-23(19,25(3)4)20-11-12-22(24-21(20)14-17)26-18-9-7-6-8-10-18/h5-13,17,19H,1,14-15H2,2-4H3/t17-,19+,23+/m0/s1. The van der Waals surface area contributed by atoms with E-state index in [9.17, 15) is 0 Å². The maximum atomic E-state index is 5.97. The number of hydrogen-bond acceptors (Lipinski definition) is 3. The summed E-state index contributed by atoms with van der Waals surface area (Å²) in [7, 11) is 4.35. The van der Waals surface area contributed by atoms with E-state index in [1.54, 1.807) is 0 Å². The molecule has 0 saturated heterocycles. The van der Waals surface area contributed by atoms with Crippen LogP contribution in [0.25, 0.3) is 0 Å². The van der Waals surface area contributed by atoms with Crippen molar-refractivity contribution in [3.05, 3.63) is 78.0 Å². The largest absolute Gasteiger partial charge is 0.439 e. The average Bonchev–Trinajstić information content (AvgIpc) is 2.61. The first-order valence-corrected chi connectivity index (χ1v) is 9.25. The number of hydrogen-bond donors (Lipinski definition) is 0. The van der Waals surface area contributed by atoms with Gasteiger partial charge in [0.05, 0.1) is 11.2 Å². The van der Waals surface area contributed by atoms with Crippen molar-refractivity contribution < 1.29 is 4.74 Å². The Bertz CT molecular complexity index is 856. The van der Waals surface area contributed by atoms with Gasteiger partial charge in [-0.05, 0) is 63.5 Å². The maximum absolute atomic E-state index is 5.97. The highest BCUT2D eigenvalue weighted by atomic mass is 16.5. The van der Waals surface area contributed by atoms with Crippen LogP contribution in [-0.4, -0.2) is 24.0 Å². The van der Waals surface area contributed by atoms with Crippen LogP contribution in [0.2, 0.25) is 0 Å². The van der Waals surface area contributed by atoms with Crippen molar-refractivity contribution in [3.8, 4) is 11.6 Å². The summed E-state index contributed by atoms with van der Waals surface area (Å²) in [4.78, 5) is 7.26. The number of aromatic nitrogens is 1. The molecule has 3 nitrogen and oxygen atoms in total. The Kier molecular flexibility index (Phi) is 4.20. The van der Waals surface area contributed by atoms with Gasteiger partial charge in [-0.25, -0.2) is 4.98 Å². The SMILES string of the molecule is C=C[C@@H]1[C@H]2C=C(C)C[C@]1(N(C)C)c1ccc(Oc3ccccc3)nc1C2. The van der Waals surface area contributed by atoms with Gasteiger partial charge in [-0.2, -0.15) is 0 Å². The van der Waals surface area contributed by atoms with Crippen LogP contribution in [0.4, 0.5) is 0 Å². The zero-order valence-corrected chi connectivity index (χ0v) is 15.8. The minimum atomic E-state index is -0.0723. The van der Waals surface area contributed by atoms with Crippen molar-refractivity contribution in [2.75, 3.05) is 14.1 Å². The molecule has 0 aliphatic heterocycles. The average molecular weight is 346 g/mol. The Morgan fingerprint density at radius 2 is 1.96 bits per heavy atom. The minimum absolute atomic E-state index is 0.0723. The lowest BCUT2D eigenvalue weighted by Gasteiger charge is -2.54. The van der Waals surface area contributed by atoms with Crippen molar-refractivity contribution in [1.29, 1.82) is 0 Å². The molecule has 2 aromatic rings. The Hall–Kier alpha value is -2.39. The smallest absolute Gasteiger partial charge is 0.219 e. The van der Waals surface area contributed by atoms with Gasteiger partial charge in [0.1, 0.15) is 5.75 Å². The molecule has 1 aromatic carbocycles. The topological polar surface area (TPSA) is 25.4 Å². The fraction of sp³-hybridized carbons (Fsp3) is 0.348. The lowest BCUT2D eigenvalue weighted by atomic mass is 9.59. The molecule has 3 heteroatoms. The zero-order chi connectivity index (χ0) is 18.3. The van der Waals surface area contributed by atoms with Gasteiger partial charge in [-0.3, -0.25) is 4.90 Å². The number of rotatable bonds is 4. The highest BCUT2D eigenvalue weighted by Gasteiger charge is 2.51. The first kappa shape index (κ1) is 17.0. The lowest BCUT2D eigenvalue weighted by Crippen LogP contribution is -2.54. The summed E-state index contributed by atoms with van der Waals surface area (Å²) in [5.41, 5.74) is 3.85. The summed E-state index contributed by atoms with van der Waals surface area (Å²) in [6.07, 6.45) is 6.51. The number of benzene rings is 1.